The van der Waals surface area contributed by atoms with Crippen molar-refractivity contribution in [3.63, 3.8) is 0 Å². The molecule has 1 saturated carbocycles. The van der Waals surface area contributed by atoms with Crippen molar-refractivity contribution in [1.29, 1.82) is 5.26 Å². The normalized spacial score (nSPS) is 12.8. The highest BCUT2D eigenvalue weighted by molar-refractivity contribution is 6.02. The van der Waals surface area contributed by atoms with Gasteiger partial charge >= 0.3 is 0 Å². The summed E-state index contributed by atoms with van der Waals surface area (Å²) < 4.78 is 6.02. The van der Waals surface area contributed by atoms with Gasteiger partial charge in [0.2, 0.25) is 0 Å². The summed E-state index contributed by atoms with van der Waals surface area (Å²) in [6, 6.07) is 23.5. The van der Waals surface area contributed by atoms with E-state index in [4.69, 9.17) is 4.74 Å². The zero-order chi connectivity index (χ0) is 22.5. The molecule has 0 radical (unpaired) electrons. The molecule has 162 valence electrons. The third-order valence-corrected chi connectivity index (χ3v) is 5.39. The average molecular weight is 426 g/mol. The van der Waals surface area contributed by atoms with Gasteiger partial charge in [-0.3, -0.25) is 4.79 Å². The van der Waals surface area contributed by atoms with Crippen molar-refractivity contribution in [3.8, 4) is 11.8 Å². The molecule has 1 aliphatic rings. The second kappa shape index (κ2) is 9.57. The van der Waals surface area contributed by atoms with Crippen LogP contribution in [0.5, 0.6) is 5.75 Å². The Kier molecular flexibility index (Phi) is 6.42. The fraction of sp³-hybridized carbons (Fsp3) is 0.259. The van der Waals surface area contributed by atoms with Crippen molar-refractivity contribution in [1.82, 2.24) is 5.32 Å². The van der Waals surface area contributed by atoms with Crippen LogP contribution in [-0.4, -0.2) is 11.9 Å². The quantitative estimate of drug-likeness (QED) is 0.471. The van der Waals surface area contributed by atoms with E-state index in [1.54, 1.807) is 12.1 Å². The molecule has 0 heterocycles. The second-order valence-corrected chi connectivity index (χ2v) is 8.39. The summed E-state index contributed by atoms with van der Waals surface area (Å²) in [4.78, 5) is 12.8. The maximum Gasteiger partial charge on any atom is 0.254 e. The highest BCUT2D eigenvalue weighted by Crippen LogP contribution is 2.45. The van der Waals surface area contributed by atoms with E-state index in [9.17, 15) is 10.1 Å². The number of nitrogens with zero attached hydrogens (tertiary/aromatic N) is 1. The Bertz CT molecular complexity index is 1150. The fourth-order valence-electron chi connectivity index (χ4n) is 3.69. The number of carbonyl (C=O) groups excluding carboxylic acids is 1. The molecule has 3 aromatic carbocycles. The number of amides is 1. The molecule has 0 bridgehead atoms. The summed E-state index contributed by atoms with van der Waals surface area (Å²) in [7, 11) is 0. The standard InChI is InChI=1S/C27H27N3O2/c1-18(2)29-27(31)26-21(16-28)9-6-10-25(26)30-24-14-13-22(15-23(24)20-11-12-20)32-17-19-7-4-3-5-8-19/h3-10,13-15,18,20,30H,11-12,17H2,1-2H3,(H,29,31). The molecule has 0 atom stereocenters. The largest absolute Gasteiger partial charge is 0.489 e. The van der Waals surface area contributed by atoms with Crippen LogP contribution in [0.2, 0.25) is 0 Å². The minimum atomic E-state index is -0.254. The number of ether oxygens (including phenoxy) is 1. The number of hydrogen-bond donors (Lipinski definition) is 2. The van der Waals surface area contributed by atoms with Gasteiger partial charge in [0.15, 0.2) is 0 Å². The van der Waals surface area contributed by atoms with Crippen molar-refractivity contribution in [2.45, 2.75) is 45.3 Å². The van der Waals surface area contributed by atoms with Crippen molar-refractivity contribution in [2.75, 3.05) is 5.32 Å². The molecular weight excluding hydrogens is 398 g/mol. The van der Waals surface area contributed by atoms with Gasteiger partial charge in [0.05, 0.1) is 16.8 Å². The third-order valence-electron chi connectivity index (χ3n) is 5.39. The van der Waals surface area contributed by atoms with Crippen LogP contribution < -0.4 is 15.4 Å². The van der Waals surface area contributed by atoms with Gasteiger partial charge in [-0.15, -0.1) is 0 Å². The zero-order valence-electron chi connectivity index (χ0n) is 18.4. The van der Waals surface area contributed by atoms with Crippen LogP contribution in [0.1, 0.15) is 59.7 Å². The molecule has 2 N–H and O–H groups in total. The Hall–Kier alpha value is -3.78. The van der Waals surface area contributed by atoms with Crippen molar-refractivity contribution < 1.29 is 9.53 Å². The maximum absolute atomic E-state index is 12.8. The lowest BCUT2D eigenvalue weighted by molar-refractivity contribution is 0.0943. The van der Waals surface area contributed by atoms with Crippen LogP contribution in [0.15, 0.2) is 66.7 Å². The van der Waals surface area contributed by atoms with Crippen LogP contribution in [0, 0.1) is 11.3 Å². The summed E-state index contributed by atoms with van der Waals surface area (Å²) in [6.07, 6.45) is 2.27. The smallest absolute Gasteiger partial charge is 0.254 e. The van der Waals surface area contributed by atoms with Crippen molar-refractivity contribution in [3.05, 3.63) is 89.0 Å². The number of rotatable bonds is 8. The SMILES string of the molecule is CC(C)NC(=O)c1c(C#N)cccc1Nc1ccc(OCc2ccccc2)cc1C1CC1. The van der Waals surface area contributed by atoms with Gasteiger partial charge in [0, 0.05) is 11.7 Å². The molecule has 0 unspecified atom stereocenters. The molecule has 3 aromatic rings. The maximum atomic E-state index is 12.8. The Morgan fingerprint density at radius 3 is 2.53 bits per heavy atom. The van der Waals surface area contributed by atoms with E-state index >= 15 is 0 Å². The lowest BCUT2D eigenvalue weighted by Gasteiger charge is -2.18. The van der Waals surface area contributed by atoms with Crippen LogP contribution in [0.4, 0.5) is 11.4 Å². The first-order chi connectivity index (χ1) is 15.5. The molecule has 1 fully saturated rings. The predicted octanol–water partition coefficient (Wildman–Crippen LogP) is 5.90. The summed E-state index contributed by atoms with van der Waals surface area (Å²) >= 11 is 0. The van der Waals surface area contributed by atoms with E-state index in [2.05, 4.69) is 22.8 Å². The van der Waals surface area contributed by atoms with E-state index in [-0.39, 0.29) is 11.9 Å². The minimum Gasteiger partial charge on any atom is -0.489 e. The summed E-state index contributed by atoms with van der Waals surface area (Å²) in [6.45, 7) is 4.32. The van der Waals surface area contributed by atoms with E-state index in [0.717, 1.165) is 29.8 Å². The topological polar surface area (TPSA) is 74.2 Å². The molecule has 1 amide bonds. The molecule has 4 rings (SSSR count). The van der Waals surface area contributed by atoms with Crippen molar-refractivity contribution >= 4 is 17.3 Å². The van der Waals surface area contributed by atoms with Gasteiger partial charge < -0.3 is 15.4 Å². The fourth-order valence-corrected chi connectivity index (χ4v) is 3.69. The molecule has 0 spiro atoms. The Labute approximate surface area is 189 Å². The molecule has 0 aliphatic heterocycles. The summed E-state index contributed by atoms with van der Waals surface area (Å²) in [5.74, 6) is 1.05. The monoisotopic (exact) mass is 425 g/mol. The summed E-state index contributed by atoms with van der Waals surface area (Å²) in [5.41, 5.74) is 4.58. The number of nitrogens with one attached hydrogen (secondary N) is 2. The Morgan fingerprint density at radius 2 is 1.84 bits per heavy atom. The molecule has 5 heteroatoms. The first kappa shape index (κ1) is 21.5. The molecule has 5 nitrogen and oxygen atoms in total. The third kappa shape index (κ3) is 5.09. The van der Waals surface area contributed by atoms with E-state index in [0.29, 0.717) is 29.3 Å². The summed E-state index contributed by atoms with van der Waals surface area (Å²) in [5, 5.41) is 15.9. The first-order valence-electron chi connectivity index (χ1n) is 11.0. The molecular formula is C27H27N3O2. The number of carbonyl (C=O) groups is 1. The highest BCUT2D eigenvalue weighted by atomic mass is 16.5. The van der Waals surface area contributed by atoms with E-state index in [1.165, 1.54) is 5.56 Å². The number of anilines is 2. The average Bonchev–Trinajstić information content (AvgIpc) is 3.63. The van der Waals surface area contributed by atoms with Crippen LogP contribution in [-0.2, 0) is 6.61 Å². The van der Waals surface area contributed by atoms with Gasteiger partial charge in [-0.05, 0) is 74.1 Å². The van der Waals surface area contributed by atoms with Gasteiger partial charge in [-0.25, -0.2) is 0 Å². The second-order valence-electron chi connectivity index (χ2n) is 8.39. The molecule has 1 aliphatic carbocycles. The molecule has 32 heavy (non-hydrogen) atoms. The lowest BCUT2D eigenvalue weighted by atomic mass is 10.0. The molecule has 0 saturated heterocycles. The van der Waals surface area contributed by atoms with Gasteiger partial charge in [-0.1, -0.05) is 36.4 Å². The predicted molar refractivity (Wildman–Crippen MR) is 126 cm³/mol. The number of hydrogen-bond acceptors (Lipinski definition) is 4. The van der Waals surface area contributed by atoms with E-state index < -0.39 is 0 Å². The Morgan fingerprint density at radius 1 is 1.06 bits per heavy atom. The molecule has 0 aromatic heterocycles. The van der Waals surface area contributed by atoms with Gasteiger partial charge in [0.1, 0.15) is 18.4 Å². The number of benzene rings is 3. The van der Waals surface area contributed by atoms with Crippen LogP contribution in [0.3, 0.4) is 0 Å². The highest BCUT2D eigenvalue weighted by Gasteiger charge is 2.27. The zero-order valence-corrected chi connectivity index (χ0v) is 18.4. The van der Waals surface area contributed by atoms with E-state index in [1.807, 2.05) is 62.4 Å². The lowest BCUT2D eigenvalue weighted by Crippen LogP contribution is -2.31. The van der Waals surface area contributed by atoms with Crippen molar-refractivity contribution in [2.24, 2.45) is 0 Å². The number of nitriles is 1. The minimum absolute atomic E-state index is 0.0230. The van der Waals surface area contributed by atoms with Gasteiger partial charge in [-0.2, -0.15) is 5.26 Å². The van der Waals surface area contributed by atoms with Crippen LogP contribution in [0.25, 0.3) is 0 Å². The first-order valence-corrected chi connectivity index (χ1v) is 11.0. The van der Waals surface area contributed by atoms with Gasteiger partial charge in [0.25, 0.3) is 5.91 Å². The van der Waals surface area contributed by atoms with Crippen LogP contribution >= 0.6 is 0 Å². The Balaban J connectivity index is 1.61.